The maximum Gasteiger partial charge on any atom is 0.148 e. The third-order valence-corrected chi connectivity index (χ3v) is 1.39. The highest BCUT2D eigenvalue weighted by molar-refractivity contribution is 5.02. The van der Waals surface area contributed by atoms with Crippen LogP contribution in [0.15, 0.2) is 11.9 Å². The van der Waals surface area contributed by atoms with Crippen LogP contribution < -0.4 is 5.32 Å². The molecule has 72 valence electrons. The van der Waals surface area contributed by atoms with Crippen LogP contribution in [0.3, 0.4) is 0 Å². The van der Waals surface area contributed by atoms with E-state index < -0.39 is 12.0 Å². The Bertz CT molecular complexity index is 153. The topological polar surface area (TPSA) is 12.0 Å². The summed E-state index contributed by atoms with van der Waals surface area (Å²) >= 11 is 0. The summed E-state index contributed by atoms with van der Waals surface area (Å²) in [6, 6.07) is 0.155. The summed E-state index contributed by atoms with van der Waals surface area (Å²) in [7, 11) is 0. The zero-order valence-electron chi connectivity index (χ0n) is 8.07. The van der Waals surface area contributed by atoms with Crippen molar-refractivity contribution in [1.29, 1.82) is 0 Å². The van der Waals surface area contributed by atoms with E-state index in [1.165, 1.54) is 13.0 Å². The van der Waals surface area contributed by atoms with Crippen molar-refractivity contribution < 1.29 is 8.78 Å². The molecule has 0 spiro atoms. The number of nitrogens with one attached hydrogen (secondary N) is 1. The molecule has 0 saturated heterocycles. The largest absolute Gasteiger partial charge is 0.308 e. The molecule has 0 aromatic carbocycles. The molecule has 0 aromatic heterocycles. The van der Waals surface area contributed by atoms with Crippen molar-refractivity contribution in [2.75, 3.05) is 0 Å². The fourth-order valence-corrected chi connectivity index (χ4v) is 0.945. The minimum atomic E-state index is -1.50. The summed E-state index contributed by atoms with van der Waals surface area (Å²) in [5.74, 6) is -0.698. The Hall–Kier alpha value is -0.440. The van der Waals surface area contributed by atoms with Gasteiger partial charge in [0.1, 0.15) is 12.0 Å². The highest BCUT2D eigenvalue weighted by atomic mass is 19.2. The van der Waals surface area contributed by atoms with Gasteiger partial charge in [-0.2, -0.15) is 0 Å². The second-order valence-corrected chi connectivity index (χ2v) is 3.28. The average Bonchev–Trinajstić information content (AvgIpc) is 1.84. The van der Waals surface area contributed by atoms with Crippen molar-refractivity contribution in [1.82, 2.24) is 5.32 Å². The Balaban J connectivity index is 3.96. The van der Waals surface area contributed by atoms with E-state index in [2.05, 4.69) is 5.32 Å². The summed E-state index contributed by atoms with van der Waals surface area (Å²) < 4.78 is 25.0. The summed E-state index contributed by atoms with van der Waals surface area (Å²) in [5.41, 5.74) is 0. The van der Waals surface area contributed by atoms with Crippen LogP contribution in [-0.4, -0.2) is 18.3 Å². The molecule has 0 aliphatic carbocycles. The molecule has 1 nitrogen and oxygen atoms in total. The Morgan fingerprint density at radius 2 is 1.75 bits per heavy atom. The number of hydrogen-bond acceptors (Lipinski definition) is 1. The molecule has 3 heteroatoms. The maximum absolute atomic E-state index is 12.7. The van der Waals surface area contributed by atoms with E-state index in [0.29, 0.717) is 0 Å². The lowest BCUT2D eigenvalue weighted by atomic mass is 10.2. The van der Waals surface area contributed by atoms with Crippen LogP contribution >= 0.6 is 0 Å². The Morgan fingerprint density at radius 3 is 2.08 bits per heavy atom. The summed E-state index contributed by atoms with van der Waals surface area (Å²) in [5, 5.41) is 3.05. The summed E-state index contributed by atoms with van der Waals surface area (Å²) in [6.45, 7) is 6.90. The molecule has 0 radical (unpaired) electrons. The van der Waals surface area contributed by atoms with Gasteiger partial charge in [0.2, 0.25) is 0 Å². The first-order valence-corrected chi connectivity index (χ1v) is 4.20. The Kier molecular flexibility index (Phi) is 5.06. The van der Waals surface area contributed by atoms with Crippen LogP contribution in [0.1, 0.15) is 27.7 Å². The predicted octanol–water partition coefficient (Wildman–Crippen LogP) is 2.58. The van der Waals surface area contributed by atoms with E-state index in [0.717, 1.165) is 0 Å². The van der Waals surface area contributed by atoms with Crippen LogP contribution in [0, 0.1) is 0 Å². The molecule has 0 fully saturated rings. The molecule has 0 heterocycles. The zero-order chi connectivity index (χ0) is 9.72. The molecule has 0 bridgehead atoms. The summed E-state index contributed by atoms with van der Waals surface area (Å²) in [4.78, 5) is 0. The lowest BCUT2D eigenvalue weighted by Crippen LogP contribution is -2.31. The lowest BCUT2D eigenvalue weighted by molar-refractivity contribution is 0.345. The van der Waals surface area contributed by atoms with E-state index in [4.69, 9.17) is 0 Å². The molecule has 0 rings (SSSR count). The normalized spacial score (nSPS) is 18.1. The molecule has 0 saturated carbocycles. The van der Waals surface area contributed by atoms with Gasteiger partial charge in [-0.25, -0.2) is 8.78 Å². The van der Waals surface area contributed by atoms with Crippen molar-refractivity contribution in [2.45, 2.75) is 46.0 Å². The van der Waals surface area contributed by atoms with Gasteiger partial charge in [0.25, 0.3) is 0 Å². The summed E-state index contributed by atoms with van der Waals surface area (Å²) in [6.07, 6.45) is -0.230. The monoisotopic (exact) mass is 177 g/mol. The first kappa shape index (κ1) is 11.6. The van der Waals surface area contributed by atoms with Crippen molar-refractivity contribution in [3.8, 4) is 0 Å². The molecule has 0 amide bonds. The van der Waals surface area contributed by atoms with Gasteiger partial charge in [-0.1, -0.05) is 13.8 Å². The number of alkyl halides is 1. The maximum atomic E-state index is 12.7. The van der Waals surface area contributed by atoms with Crippen LogP contribution in [0.25, 0.3) is 0 Å². The van der Waals surface area contributed by atoms with E-state index in [9.17, 15) is 8.78 Å². The predicted molar refractivity (Wildman–Crippen MR) is 47.5 cm³/mol. The van der Waals surface area contributed by atoms with Gasteiger partial charge in [0.15, 0.2) is 0 Å². The number of halogens is 2. The Morgan fingerprint density at radius 1 is 1.25 bits per heavy atom. The molecule has 12 heavy (non-hydrogen) atoms. The molecule has 2 atom stereocenters. The van der Waals surface area contributed by atoms with Crippen molar-refractivity contribution in [3.05, 3.63) is 11.9 Å². The molecule has 0 aliphatic rings. The van der Waals surface area contributed by atoms with E-state index in [1.807, 2.05) is 13.8 Å². The standard InChI is InChI=1S/C9H17F2N/c1-6(2)12-7(3)5-9(11)8(4)10/h5-8,12H,1-4H3/b9-5+. The fraction of sp³-hybridized carbons (Fsp3) is 0.778. The molecule has 0 aromatic rings. The molecule has 2 unspecified atom stereocenters. The van der Waals surface area contributed by atoms with Gasteiger partial charge in [-0.05, 0) is 19.9 Å². The second kappa shape index (κ2) is 5.25. The quantitative estimate of drug-likeness (QED) is 0.696. The number of hydrogen-bond donors (Lipinski definition) is 1. The van der Waals surface area contributed by atoms with Crippen LogP contribution in [0.2, 0.25) is 0 Å². The number of rotatable bonds is 4. The number of allylic oxidation sites excluding steroid dienone is 1. The average molecular weight is 177 g/mol. The molecular weight excluding hydrogens is 160 g/mol. The highest BCUT2D eigenvalue weighted by Gasteiger charge is 2.08. The minimum absolute atomic E-state index is 0.122. The third-order valence-electron chi connectivity index (χ3n) is 1.39. The van der Waals surface area contributed by atoms with Crippen LogP contribution in [0.5, 0.6) is 0 Å². The van der Waals surface area contributed by atoms with E-state index in [1.54, 1.807) is 6.92 Å². The van der Waals surface area contributed by atoms with Crippen molar-refractivity contribution >= 4 is 0 Å². The fourth-order valence-electron chi connectivity index (χ4n) is 0.945. The van der Waals surface area contributed by atoms with Gasteiger partial charge >= 0.3 is 0 Å². The molecule has 1 N–H and O–H groups in total. The van der Waals surface area contributed by atoms with E-state index >= 15 is 0 Å². The first-order chi connectivity index (χ1) is 5.43. The second-order valence-electron chi connectivity index (χ2n) is 3.28. The SMILES string of the molecule is CC(C)NC(C)/C=C(/F)C(C)F. The van der Waals surface area contributed by atoms with Crippen molar-refractivity contribution in [2.24, 2.45) is 0 Å². The van der Waals surface area contributed by atoms with E-state index in [-0.39, 0.29) is 12.1 Å². The van der Waals surface area contributed by atoms with Crippen LogP contribution in [-0.2, 0) is 0 Å². The zero-order valence-corrected chi connectivity index (χ0v) is 8.07. The van der Waals surface area contributed by atoms with Gasteiger partial charge in [0, 0.05) is 12.1 Å². The van der Waals surface area contributed by atoms with Crippen molar-refractivity contribution in [3.63, 3.8) is 0 Å². The van der Waals surface area contributed by atoms with Gasteiger partial charge < -0.3 is 5.32 Å². The smallest absolute Gasteiger partial charge is 0.148 e. The van der Waals surface area contributed by atoms with Gasteiger partial charge in [0.05, 0.1) is 0 Å². The van der Waals surface area contributed by atoms with Gasteiger partial charge in [-0.15, -0.1) is 0 Å². The highest BCUT2D eigenvalue weighted by Crippen LogP contribution is 2.08. The Labute approximate surface area is 72.9 Å². The van der Waals surface area contributed by atoms with Crippen LogP contribution in [0.4, 0.5) is 8.78 Å². The minimum Gasteiger partial charge on any atom is -0.308 e. The first-order valence-electron chi connectivity index (χ1n) is 4.20. The third kappa shape index (κ3) is 5.24. The van der Waals surface area contributed by atoms with Gasteiger partial charge in [-0.3, -0.25) is 0 Å². The lowest BCUT2D eigenvalue weighted by Gasteiger charge is -2.13. The molecule has 0 aliphatic heterocycles. The molecular formula is C9H17F2N.